The van der Waals surface area contributed by atoms with E-state index in [1.807, 2.05) is 18.2 Å². The summed E-state index contributed by atoms with van der Waals surface area (Å²) in [7, 11) is 1.59. The Morgan fingerprint density at radius 1 is 1.28 bits per heavy atom. The molecule has 1 aromatic carbocycles. The number of methoxy groups -OCH3 is 1. The van der Waals surface area contributed by atoms with Crippen LogP contribution in [0.15, 0.2) is 35.1 Å². The van der Waals surface area contributed by atoms with Crippen LogP contribution in [0.2, 0.25) is 0 Å². The number of carbonyl (C=O) groups is 2. The van der Waals surface area contributed by atoms with Crippen molar-refractivity contribution in [3.63, 3.8) is 0 Å². The zero-order valence-corrected chi connectivity index (χ0v) is 13.8. The average molecular weight is 345 g/mol. The molecule has 2 aromatic rings. The predicted molar refractivity (Wildman–Crippen MR) is 89.4 cm³/mol. The lowest BCUT2D eigenvalue weighted by Crippen LogP contribution is -2.38. The molecular weight excluding hydrogens is 326 g/mol. The van der Waals surface area contributed by atoms with E-state index in [-0.39, 0.29) is 19.0 Å². The summed E-state index contributed by atoms with van der Waals surface area (Å²) in [6.07, 6.45) is 0.682. The summed E-state index contributed by atoms with van der Waals surface area (Å²) in [5, 5.41) is 6.80. The molecule has 0 unspecified atom stereocenters. The Hall–Kier alpha value is -2.94. The summed E-state index contributed by atoms with van der Waals surface area (Å²) in [5.74, 6) is -0.00613. The molecule has 1 aliphatic rings. The lowest BCUT2D eigenvalue weighted by Gasteiger charge is -2.14. The van der Waals surface area contributed by atoms with E-state index in [4.69, 9.17) is 4.74 Å². The third-order valence-corrected chi connectivity index (χ3v) is 3.84. The molecule has 0 saturated heterocycles. The van der Waals surface area contributed by atoms with Gasteiger partial charge in [-0.05, 0) is 18.6 Å². The molecule has 9 heteroatoms. The predicted octanol–water partition coefficient (Wildman–Crippen LogP) is 0.186. The first-order chi connectivity index (χ1) is 12.1. The largest absolute Gasteiger partial charge is 0.385 e. The fourth-order valence-electron chi connectivity index (χ4n) is 2.63. The number of rotatable bonds is 7. The SMILES string of the molecule is COCCCNC(=O)Cn1nc2n(c1=O)C(=O)N(c1ccccc1)C2. The van der Waals surface area contributed by atoms with Crippen LogP contribution >= 0.6 is 0 Å². The van der Waals surface area contributed by atoms with Gasteiger partial charge in [-0.25, -0.2) is 14.3 Å². The van der Waals surface area contributed by atoms with Crippen molar-refractivity contribution in [2.24, 2.45) is 0 Å². The van der Waals surface area contributed by atoms with E-state index in [0.717, 1.165) is 9.25 Å². The molecule has 25 heavy (non-hydrogen) atoms. The number of ether oxygens (including phenoxy) is 1. The third-order valence-electron chi connectivity index (χ3n) is 3.84. The second kappa shape index (κ2) is 7.31. The molecule has 0 bridgehead atoms. The van der Waals surface area contributed by atoms with Gasteiger partial charge in [-0.15, -0.1) is 0 Å². The Kier molecular flexibility index (Phi) is 4.94. The summed E-state index contributed by atoms with van der Waals surface area (Å²) in [6, 6.07) is 8.59. The van der Waals surface area contributed by atoms with Crippen LogP contribution in [0.4, 0.5) is 10.5 Å². The maximum absolute atomic E-state index is 12.5. The summed E-state index contributed by atoms with van der Waals surface area (Å²) < 4.78 is 6.92. The maximum Gasteiger partial charge on any atom is 0.354 e. The second-order valence-electron chi connectivity index (χ2n) is 5.59. The highest BCUT2D eigenvalue weighted by Crippen LogP contribution is 2.21. The van der Waals surface area contributed by atoms with Crippen molar-refractivity contribution in [1.29, 1.82) is 0 Å². The molecule has 1 N–H and O–H groups in total. The number of benzene rings is 1. The van der Waals surface area contributed by atoms with Crippen LogP contribution < -0.4 is 15.9 Å². The van der Waals surface area contributed by atoms with Gasteiger partial charge in [-0.3, -0.25) is 9.69 Å². The van der Waals surface area contributed by atoms with E-state index in [1.54, 1.807) is 19.2 Å². The monoisotopic (exact) mass is 345 g/mol. The molecule has 9 nitrogen and oxygen atoms in total. The Balaban J connectivity index is 1.68. The molecule has 0 spiro atoms. The summed E-state index contributed by atoms with van der Waals surface area (Å²) >= 11 is 0. The van der Waals surface area contributed by atoms with Crippen molar-refractivity contribution in [2.75, 3.05) is 25.2 Å². The normalized spacial score (nSPS) is 13.2. The van der Waals surface area contributed by atoms with Crippen molar-refractivity contribution in [3.8, 4) is 0 Å². The zero-order chi connectivity index (χ0) is 17.8. The number of amides is 2. The van der Waals surface area contributed by atoms with Crippen molar-refractivity contribution in [2.45, 2.75) is 19.5 Å². The molecule has 2 heterocycles. The minimum absolute atomic E-state index is 0.195. The molecule has 1 aliphatic heterocycles. The molecule has 0 saturated carbocycles. The first-order valence-corrected chi connectivity index (χ1v) is 7.93. The van der Waals surface area contributed by atoms with Gasteiger partial charge in [0.15, 0.2) is 5.82 Å². The Morgan fingerprint density at radius 2 is 2.04 bits per heavy atom. The zero-order valence-electron chi connectivity index (χ0n) is 13.8. The van der Waals surface area contributed by atoms with Crippen molar-refractivity contribution in [1.82, 2.24) is 19.7 Å². The number of nitrogens with zero attached hydrogens (tertiary/aromatic N) is 4. The van der Waals surface area contributed by atoms with E-state index < -0.39 is 11.7 Å². The van der Waals surface area contributed by atoms with E-state index in [0.29, 0.717) is 31.1 Å². The van der Waals surface area contributed by atoms with Gasteiger partial charge in [0.25, 0.3) is 0 Å². The smallest absolute Gasteiger partial charge is 0.354 e. The first kappa shape index (κ1) is 16.9. The van der Waals surface area contributed by atoms with E-state index in [1.165, 1.54) is 4.90 Å². The van der Waals surface area contributed by atoms with Crippen LogP contribution in [-0.4, -0.2) is 46.5 Å². The minimum Gasteiger partial charge on any atom is -0.385 e. The van der Waals surface area contributed by atoms with Crippen molar-refractivity contribution >= 4 is 17.6 Å². The molecule has 2 amide bonds. The number of carbonyl (C=O) groups excluding carboxylic acids is 2. The van der Waals surface area contributed by atoms with Gasteiger partial charge < -0.3 is 10.1 Å². The minimum atomic E-state index is -0.606. The number of hydrogen-bond donors (Lipinski definition) is 1. The molecule has 1 aromatic heterocycles. The quantitative estimate of drug-likeness (QED) is 0.722. The number of fused-ring (bicyclic) bond motifs is 1. The standard InChI is InChI=1S/C16H19N5O4/c1-25-9-5-8-17-14(22)11-20-16(24)21-13(18-20)10-19(15(21)23)12-6-3-2-4-7-12/h2-4,6-7H,5,8-11H2,1H3,(H,17,22). The molecule has 3 rings (SSSR count). The topological polar surface area (TPSA) is 98.5 Å². The van der Waals surface area contributed by atoms with Gasteiger partial charge in [-0.2, -0.15) is 9.67 Å². The second-order valence-corrected chi connectivity index (χ2v) is 5.59. The maximum atomic E-state index is 12.5. The number of hydrogen-bond acceptors (Lipinski definition) is 5. The molecule has 0 fully saturated rings. The van der Waals surface area contributed by atoms with E-state index in [2.05, 4.69) is 10.4 Å². The van der Waals surface area contributed by atoms with Crippen LogP contribution in [0.25, 0.3) is 0 Å². The van der Waals surface area contributed by atoms with E-state index in [9.17, 15) is 14.4 Å². The molecule has 0 aliphatic carbocycles. The fourth-order valence-corrected chi connectivity index (χ4v) is 2.63. The van der Waals surface area contributed by atoms with Crippen LogP contribution in [0, 0.1) is 0 Å². The summed E-state index contributed by atoms with van der Waals surface area (Å²) in [4.78, 5) is 38.2. The van der Waals surface area contributed by atoms with Gasteiger partial charge in [0.05, 0.1) is 6.54 Å². The highest BCUT2D eigenvalue weighted by molar-refractivity contribution is 5.96. The highest BCUT2D eigenvalue weighted by atomic mass is 16.5. The molecule has 0 radical (unpaired) electrons. The molecular formula is C16H19N5O4. The Labute approximate surface area is 143 Å². The number of para-hydroxylation sites is 1. The Morgan fingerprint density at radius 3 is 2.72 bits per heavy atom. The van der Waals surface area contributed by atoms with Crippen LogP contribution in [-0.2, 0) is 22.6 Å². The van der Waals surface area contributed by atoms with Gasteiger partial charge in [0.1, 0.15) is 6.54 Å². The summed E-state index contributed by atoms with van der Waals surface area (Å²) in [5.41, 5.74) is 0.0882. The number of aromatic nitrogens is 3. The fraction of sp³-hybridized carbons (Fsp3) is 0.375. The van der Waals surface area contributed by atoms with Crippen LogP contribution in [0.3, 0.4) is 0 Å². The van der Waals surface area contributed by atoms with Crippen molar-refractivity contribution in [3.05, 3.63) is 46.6 Å². The third kappa shape index (κ3) is 3.45. The lowest BCUT2D eigenvalue weighted by atomic mass is 10.3. The lowest BCUT2D eigenvalue weighted by molar-refractivity contribution is -0.121. The van der Waals surface area contributed by atoms with Gasteiger partial charge in [0.2, 0.25) is 5.91 Å². The van der Waals surface area contributed by atoms with Crippen molar-refractivity contribution < 1.29 is 14.3 Å². The van der Waals surface area contributed by atoms with E-state index >= 15 is 0 Å². The summed E-state index contributed by atoms with van der Waals surface area (Å²) in [6.45, 7) is 0.976. The van der Waals surface area contributed by atoms with Crippen LogP contribution in [0.1, 0.15) is 12.2 Å². The highest BCUT2D eigenvalue weighted by Gasteiger charge is 2.33. The molecule has 0 atom stereocenters. The van der Waals surface area contributed by atoms with Crippen LogP contribution in [0.5, 0.6) is 0 Å². The average Bonchev–Trinajstić information content (AvgIpc) is 3.10. The van der Waals surface area contributed by atoms with Gasteiger partial charge in [-0.1, -0.05) is 18.2 Å². The number of anilines is 1. The first-order valence-electron chi connectivity index (χ1n) is 7.93. The van der Waals surface area contributed by atoms with Gasteiger partial charge in [0, 0.05) is 25.9 Å². The Bertz CT molecular complexity index is 827. The number of nitrogens with one attached hydrogen (secondary N) is 1. The van der Waals surface area contributed by atoms with Gasteiger partial charge >= 0.3 is 11.7 Å². The molecule has 132 valence electrons.